The molecule has 11 heteroatoms. The van der Waals surface area contributed by atoms with Gasteiger partial charge >= 0.3 is 6.18 Å². The van der Waals surface area contributed by atoms with Gasteiger partial charge in [0.1, 0.15) is 0 Å². The summed E-state index contributed by atoms with van der Waals surface area (Å²) in [4.78, 5) is 28.1. The average Bonchev–Trinajstić information content (AvgIpc) is 2.77. The second-order valence-corrected chi connectivity index (χ2v) is 10.5. The summed E-state index contributed by atoms with van der Waals surface area (Å²) in [7, 11) is -4.11. The Morgan fingerprint density at radius 2 is 1.69 bits per heavy atom. The van der Waals surface area contributed by atoms with Gasteiger partial charge in [0.15, 0.2) is 0 Å². The number of piperidine rings is 1. The molecule has 1 unspecified atom stereocenters. The molecule has 32 heavy (non-hydrogen) atoms. The molecule has 2 aliphatic rings. The van der Waals surface area contributed by atoms with Crippen LogP contribution >= 0.6 is 0 Å². The fourth-order valence-electron chi connectivity index (χ4n) is 4.13. The van der Waals surface area contributed by atoms with E-state index < -0.39 is 26.7 Å². The molecule has 0 bridgehead atoms. The summed E-state index contributed by atoms with van der Waals surface area (Å²) >= 11 is 0. The molecule has 178 valence electrons. The van der Waals surface area contributed by atoms with Gasteiger partial charge in [-0.2, -0.15) is 17.5 Å². The van der Waals surface area contributed by atoms with Crippen LogP contribution in [0.2, 0.25) is 0 Å². The molecule has 7 nitrogen and oxygen atoms in total. The Hall–Kier alpha value is -2.14. The number of carbonyl (C=O) groups is 2. The lowest BCUT2D eigenvalue weighted by Crippen LogP contribution is -2.54. The van der Waals surface area contributed by atoms with E-state index in [-0.39, 0.29) is 49.8 Å². The van der Waals surface area contributed by atoms with Crippen molar-refractivity contribution in [2.45, 2.75) is 37.8 Å². The molecule has 2 fully saturated rings. The quantitative estimate of drug-likeness (QED) is 0.670. The van der Waals surface area contributed by atoms with E-state index in [2.05, 4.69) is 0 Å². The van der Waals surface area contributed by atoms with Crippen LogP contribution in [-0.2, 0) is 25.8 Å². The van der Waals surface area contributed by atoms with Crippen LogP contribution in [-0.4, -0.2) is 73.6 Å². The minimum absolute atomic E-state index is 0.00563. The Morgan fingerprint density at radius 3 is 2.28 bits per heavy atom. The predicted molar refractivity (Wildman–Crippen MR) is 111 cm³/mol. The van der Waals surface area contributed by atoms with Crippen LogP contribution < -0.4 is 0 Å². The highest BCUT2D eigenvalue weighted by atomic mass is 32.2. The highest BCUT2D eigenvalue weighted by Gasteiger charge is 2.36. The number of alkyl halides is 3. The van der Waals surface area contributed by atoms with Crippen molar-refractivity contribution < 1.29 is 31.2 Å². The lowest BCUT2D eigenvalue weighted by atomic mass is 9.95. The summed E-state index contributed by atoms with van der Waals surface area (Å²) in [5.74, 6) is -0.562. The first-order valence-electron chi connectivity index (χ1n) is 10.7. The molecule has 0 saturated carbocycles. The first-order valence-corrected chi connectivity index (χ1v) is 12.1. The number of nitrogens with zero attached hydrogens (tertiary/aromatic N) is 3. The van der Waals surface area contributed by atoms with Gasteiger partial charge in [-0.1, -0.05) is 19.9 Å². The Balaban J connectivity index is 1.63. The third-order valence-electron chi connectivity index (χ3n) is 5.93. The van der Waals surface area contributed by atoms with E-state index in [0.717, 1.165) is 28.9 Å². The smallest absolute Gasteiger partial charge is 0.342 e. The van der Waals surface area contributed by atoms with Crippen LogP contribution in [0.1, 0.15) is 32.3 Å². The van der Waals surface area contributed by atoms with Crippen LogP contribution in [0.15, 0.2) is 29.2 Å². The Morgan fingerprint density at radius 1 is 1.03 bits per heavy atom. The fourth-order valence-corrected chi connectivity index (χ4v) is 5.60. The zero-order chi connectivity index (χ0) is 23.7. The van der Waals surface area contributed by atoms with Gasteiger partial charge in [0.05, 0.1) is 16.4 Å². The minimum atomic E-state index is -4.64. The van der Waals surface area contributed by atoms with E-state index in [0.29, 0.717) is 25.6 Å². The molecule has 1 aromatic rings. The number of rotatable bonds is 4. The predicted octanol–water partition coefficient (Wildman–Crippen LogP) is 2.43. The highest BCUT2D eigenvalue weighted by Crippen LogP contribution is 2.31. The zero-order valence-corrected chi connectivity index (χ0v) is 19.0. The van der Waals surface area contributed by atoms with Crippen molar-refractivity contribution in [1.82, 2.24) is 14.1 Å². The lowest BCUT2D eigenvalue weighted by Gasteiger charge is -2.39. The van der Waals surface area contributed by atoms with Gasteiger partial charge in [-0.25, -0.2) is 8.42 Å². The molecule has 0 N–H and O–H groups in total. The maximum atomic E-state index is 13.0. The molecule has 0 spiro atoms. The van der Waals surface area contributed by atoms with E-state index >= 15 is 0 Å². The van der Waals surface area contributed by atoms with Crippen molar-refractivity contribution >= 4 is 21.8 Å². The third kappa shape index (κ3) is 5.25. The number of amides is 2. The Labute approximate surface area is 186 Å². The number of hydrogen-bond acceptors (Lipinski definition) is 4. The van der Waals surface area contributed by atoms with Gasteiger partial charge < -0.3 is 9.80 Å². The highest BCUT2D eigenvalue weighted by molar-refractivity contribution is 7.89. The maximum absolute atomic E-state index is 13.0. The number of halogens is 3. The third-order valence-corrected chi connectivity index (χ3v) is 7.82. The summed E-state index contributed by atoms with van der Waals surface area (Å²) in [6, 6.07) is 3.68. The number of carbonyl (C=O) groups excluding carboxylic acids is 2. The number of hydrogen-bond donors (Lipinski definition) is 0. The van der Waals surface area contributed by atoms with Crippen LogP contribution in [0.4, 0.5) is 13.2 Å². The van der Waals surface area contributed by atoms with Crippen LogP contribution in [0, 0.1) is 11.8 Å². The van der Waals surface area contributed by atoms with Gasteiger partial charge in [-0.3, -0.25) is 9.59 Å². The zero-order valence-electron chi connectivity index (χ0n) is 18.1. The summed E-state index contributed by atoms with van der Waals surface area (Å²) in [5, 5.41) is 0. The van der Waals surface area contributed by atoms with Crippen molar-refractivity contribution in [2.24, 2.45) is 11.8 Å². The van der Waals surface area contributed by atoms with Gasteiger partial charge in [0, 0.05) is 45.2 Å². The fraction of sp³-hybridized carbons (Fsp3) is 0.619. The molecule has 2 saturated heterocycles. The van der Waals surface area contributed by atoms with Gasteiger partial charge in [-0.05, 0) is 31.0 Å². The Bertz CT molecular complexity index is 957. The molecule has 0 radical (unpaired) electrons. The summed E-state index contributed by atoms with van der Waals surface area (Å²) < 4.78 is 65.7. The van der Waals surface area contributed by atoms with Gasteiger partial charge in [-0.15, -0.1) is 0 Å². The molecule has 2 amide bonds. The number of benzene rings is 1. The number of sulfonamides is 1. The number of piperazine rings is 1. The van der Waals surface area contributed by atoms with Crippen molar-refractivity contribution in [3.8, 4) is 0 Å². The molecule has 0 aromatic heterocycles. The lowest BCUT2D eigenvalue weighted by molar-refractivity contribution is -0.143. The van der Waals surface area contributed by atoms with E-state index in [1.54, 1.807) is 9.80 Å². The molecule has 2 aliphatic heterocycles. The summed E-state index contributed by atoms with van der Waals surface area (Å²) in [6.45, 7) is 4.95. The Kier molecular flexibility index (Phi) is 7.18. The van der Waals surface area contributed by atoms with Crippen LogP contribution in [0.25, 0.3) is 0 Å². The molecular formula is C21H28F3N3O4S. The second-order valence-electron chi connectivity index (χ2n) is 8.53. The van der Waals surface area contributed by atoms with E-state index in [1.807, 2.05) is 13.8 Å². The molecule has 0 aliphatic carbocycles. The largest absolute Gasteiger partial charge is 0.416 e. The first kappa shape index (κ1) is 24.5. The maximum Gasteiger partial charge on any atom is 0.416 e. The molecule has 2 heterocycles. The topological polar surface area (TPSA) is 78.0 Å². The van der Waals surface area contributed by atoms with E-state index in [1.165, 1.54) is 0 Å². The van der Waals surface area contributed by atoms with Crippen LogP contribution in [0.3, 0.4) is 0 Å². The second kappa shape index (κ2) is 9.38. The monoisotopic (exact) mass is 475 g/mol. The SMILES string of the molecule is CC(C)C(=O)N1CCCC(C(=O)N2CCN(S(=O)(=O)c3cccc(C(F)(F)F)c3)CC2)C1. The van der Waals surface area contributed by atoms with Gasteiger partial charge in [0.2, 0.25) is 21.8 Å². The van der Waals surface area contributed by atoms with E-state index in [9.17, 15) is 31.2 Å². The first-order chi connectivity index (χ1) is 14.9. The minimum Gasteiger partial charge on any atom is -0.342 e. The molecule has 1 aromatic carbocycles. The molecule has 3 rings (SSSR count). The standard InChI is InChI=1S/C21H28F3N3O4S/c1-15(2)19(28)26-8-4-5-16(14-26)20(29)25-9-11-27(12-10-25)32(30,31)18-7-3-6-17(13-18)21(22,23)24/h3,6-7,13,15-16H,4-5,8-12,14H2,1-2H3. The summed E-state index contributed by atoms with van der Waals surface area (Å²) in [5.41, 5.74) is -1.02. The van der Waals surface area contributed by atoms with Crippen LogP contribution in [0.5, 0.6) is 0 Å². The normalized spacial score (nSPS) is 21.1. The molecular weight excluding hydrogens is 447 g/mol. The van der Waals surface area contributed by atoms with Crippen molar-refractivity contribution in [3.05, 3.63) is 29.8 Å². The van der Waals surface area contributed by atoms with Crippen molar-refractivity contribution in [2.75, 3.05) is 39.3 Å². The molecule has 1 atom stereocenters. The number of likely N-dealkylation sites (tertiary alicyclic amines) is 1. The van der Waals surface area contributed by atoms with Crippen molar-refractivity contribution in [3.63, 3.8) is 0 Å². The van der Waals surface area contributed by atoms with E-state index in [4.69, 9.17) is 0 Å². The summed E-state index contributed by atoms with van der Waals surface area (Å²) in [6.07, 6.45) is -3.23. The average molecular weight is 476 g/mol. The van der Waals surface area contributed by atoms with Crippen molar-refractivity contribution in [1.29, 1.82) is 0 Å². The van der Waals surface area contributed by atoms with Gasteiger partial charge in [0.25, 0.3) is 0 Å².